The minimum absolute atomic E-state index is 0. The zero-order chi connectivity index (χ0) is 22.3. The van der Waals surface area contributed by atoms with Gasteiger partial charge >= 0.3 is 0 Å². The molecular weight excluding hydrogens is 473 g/mol. The van der Waals surface area contributed by atoms with Gasteiger partial charge in [-0.15, -0.1) is 24.8 Å². The van der Waals surface area contributed by atoms with Crippen LogP contribution in [0, 0.1) is 0 Å². The molecule has 0 bridgehead atoms. The van der Waals surface area contributed by atoms with Gasteiger partial charge in [-0.2, -0.15) is 0 Å². The maximum atomic E-state index is 12.7. The van der Waals surface area contributed by atoms with E-state index in [1.807, 2.05) is 24.3 Å². The number of halogens is 2. The van der Waals surface area contributed by atoms with Crippen molar-refractivity contribution in [2.24, 2.45) is 0 Å². The number of hydrogen-bond acceptors (Lipinski definition) is 5. The van der Waals surface area contributed by atoms with Gasteiger partial charge < -0.3 is 19.7 Å². The summed E-state index contributed by atoms with van der Waals surface area (Å²) < 4.78 is 11.1. The first kappa shape index (κ1) is 28.1. The molecule has 0 spiro atoms. The molecule has 188 valence electrons. The second-order valence-electron chi connectivity index (χ2n) is 8.65. The molecule has 1 unspecified atom stereocenters. The van der Waals surface area contributed by atoms with Gasteiger partial charge in [0.15, 0.2) is 0 Å². The average Bonchev–Trinajstić information content (AvgIpc) is 2.84. The third-order valence-corrected chi connectivity index (χ3v) is 6.68. The Kier molecular flexibility index (Phi) is 11.3. The van der Waals surface area contributed by atoms with Crippen LogP contribution in [0.2, 0.25) is 0 Å². The molecule has 1 N–H and O–H groups in total. The summed E-state index contributed by atoms with van der Waals surface area (Å²) in [5, 5.41) is 3.27. The molecule has 1 aliphatic heterocycles. The molecule has 0 saturated carbocycles. The van der Waals surface area contributed by atoms with Crippen LogP contribution in [0.15, 0.2) is 42.5 Å². The van der Waals surface area contributed by atoms with Gasteiger partial charge in [0.1, 0.15) is 11.5 Å². The number of piperazine rings is 1. The molecule has 0 radical (unpaired) electrons. The van der Waals surface area contributed by atoms with E-state index in [4.69, 9.17) is 9.47 Å². The lowest BCUT2D eigenvalue weighted by atomic mass is 9.87. The molecule has 2 aliphatic rings. The summed E-state index contributed by atoms with van der Waals surface area (Å²) in [5.74, 6) is 1.96. The van der Waals surface area contributed by atoms with Crippen molar-refractivity contribution in [3.8, 4) is 11.5 Å². The molecule has 1 atom stereocenters. The molecule has 6 nitrogen and oxygen atoms in total. The maximum Gasteiger partial charge on any atom is 0.220 e. The number of nitrogens with zero attached hydrogens (tertiary/aromatic N) is 2. The van der Waals surface area contributed by atoms with E-state index >= 15 is 0 Å². The van der Waals surface area contributed by atoms with Crippen molar-refractivity contribution in [3.05, 3.63) is 53.6 Å². The Morgan fingerprint density at radius 1 is 0.971 bits per heavy atom. The molecule has 1 heterocycles. The number of nitrogens with one attached hydrogen (secondary N) is 1. The number of para-hydroxylation sites is 2. The third kappa shape index (κ3) is 6.71. The Balaban J connectivity index is 0.00000204. The normalized spacial score (nSPS) is 17.6. The van der Waals surface area contributed by atoms with E-state index < -0.39 is 0 Å². The first-order chi connectivity index (χ1) is 15.7. The van der Waals surface area contributed by atoms with E-state index in [1.165, 1.54) is 11.1 Å². The summed E-state index contributed by atoms with van der Waals surface area (Å²) in [5.41, 5.74) is 3.63. The molecule has 4 rings (SSSR count). The predicted octanol–water partition coefficient (Wildman–Crippen LogP) is 4.64. The van der Waals surface area contributed by atoms with Gasteiger partial charge in [0, 0.05) is 38.2 Å². The van der Waals surface area contributed by atoms with Crippen LogP contribution in [-0.2, 0) is 11.2 Å². The molecule has 0 aromatic heterocycles. The second kappa shape index (κ2) is 13.7. The lowest BCUT2D eigenvalue weighted by Crippen LogP contribution is -2.46. The van der Waals surface area contributed by atoms with Crippen molar-refractivity contribution in [1.29, 1.82) is 0 Å². The summed E-state index contributed by atoms with van der Waals surface area (Å²) >= 11 is 0. The van der Waals surface area contributed by atoms with Crippen LogP contribution < -0.4 is 19.7 Å². The number of amides is 1. The van der Waals surface area contributed by atoms with Crippen LogP contribution in [0.5, 0.6) is 11.5 Å². The summed E-state index contributed by atoms with van der Waals surface area (Å²) in [7, 11) is 3.43. The molecule has 2 aromatic rings. The quantitative estimate of drug-likeness (QED) is 0.561. The molecule has 1 saturated heterocycles. The number of aryl methyl sites for hydroxylation is 1. The number of methoxy groups -OCH3 is 2. The van der Waals surface area contributed by atoms with E-state index in [0.717, 1.165) is 75.6 Å². The number of hydrogen-bond donors (Lipinski definition) is 1. The van der Waals surface area contributed by atoms with Crippen LogP contribution in [0.25, 0.3) is 0 Å². The van der Waals surface area contributed by atoms with Crippen LogP contribution in [0.4, 0.5) is 5.69 Å². The van der Waals surface area contributed by atoms with E-state index in [9.17, 15) is 4.79 Å². The first-order valence-electron chi connectivity index (χ1n) is 11.7. The molecule has 1 fully saturated rings. The smallest absolute Gasteiger partial charge is 0.220 e. The average molecular weight is 511 g/mol. The summed E-state index contributed by atoms with van der Waals surface area (Å²) in [6.07, 6.45) is 4.57. The van der Waals surface area contributed by atoms with E-state index in [0.29, 0.717) is 6.42 Å². The van der Waals surface area contributed by atoms with Crippen molar-refractivity contribution >= 4 is 36.4 Å². The van der Waals surface area contributed by atoms with Crippen LogP contribution in [0.1, 0.15) is 42.9 Å². The number of rotatable bonds is 8. The zero-order valence-electron chi connectivity index (χ0n) is 20.1. The SMILES string of the molecule is COc1ccccc1N1CCN(CCCC(=O)NC2CCCc3cccc(OC)c32)CC1.Cl.Cl. The number of fused-ring (bicyclic) bond motifs is 1. The summed E-state index contributed by atoms with van der Waals surface area (Å²) in [6, 6.07) is 14.4. The van der Waals surface area contributed by atoms with E-state index in [2.05, 4.69) is 33.3 Å². The number of carbonyl (C=O) groups excluding carboxylic acids is 1. The largest absolute Gasteiger partial charge is 0.496 e. The fourth-order valence-electron chi connectivity index (χ4n) is 5.00. The Bertz CT molecular complexity index is 906. The Morgan fingerprint density at radius 3 is 2.41 bits per heavy atom. The molecule has 1 aliphatic carbocycles. The Labute approximate surface area is 215 Å². The fourth-order valence-corrected chi connectivity index (χ4v) is 5.00. The Morgan fingerprint density at radius 2 is 1.68 bits per heavy atom. The Hall–Kier alpha value is -2.15. The molecular formula is C26H37Cl2N3O3. The first-order valence-corrected chi connectivity index (χ1v) is 11.7. The van der Waals surface area contributed by atoms with Crippen LogP contribution in [-0.4, -0.2) is 57.8 Å². The van der Waals surface area contributed by atoms with Gasteiger partial charge in [-0.3, -0.25) is 9.69 Å². The minimum Gasteiger partial charge on any atom is -0.496 e. The third-order valence-electron chi connectivity index (χ3n) is 6.68. The van der Waals surface area contributed by atoms with Gasteiger partial charge in [0.05, 0.1) is 25.9 Å². The van der Waals surface area contributed by atoms with Gasteiger partial charge in [-0.1, -0.05) is 24.3 Å². The van der Waals surface area contributed by atoms with E-state index in [-0.39, 0.29) is 36.8 Å². The highest BCUT2D eigenvalue weighted by molar-refractivity contribution is 5.85. The van der Waals surface area contributed by atoms with Crippen LogP contribution >= 0.6 is 24.8 Å². The molecule has 1 amide bonds. The lowest BCUT2D eigenvalue weighted by molar-refractivity contribution is -0.122. The standard InChI is InChI=1S/C26H35N3O3.2ClH/c1-31-23-12-4-3-11-22(23)29-18-16-28(17-19-29)15-7-14-25(30)27-21-10-5-8-20-9-6-13-24(32-2)26(20)21;;/h3-4,6,9,11-13,21H,5,7-8,10,14-19H2,1-2H3,(H,27,30);2*1H. The molecule has 8 heteroatoms. The lowest BCUT2D eigenvalue weighted by Gasteiger charge is -2.36. The predicted molar refractivity (Wildman–Crippen MR) is 142 cm³/mol. The van der Waals surface area contributed by atoms with Gasteiger partial charge in [0.25, 0.3) is 0 Å². The second-order valence-corrected chi connectivity index (χ2v) is 8.65. The van der Waals surface area contributed by atoms with E-state index in [1.54, 1.807) is 14.2 Å². The van der Waals surface area contributed by atoms with Gasteiger partial charge in [-0.05, 0) is 56.0 Å². The number of carbonyl (C=O) groups is 1. The highest BCUT2D eigenvalue weighted by Crippen LogP contribution is 2.36. The summed E-state index contributed by atoms with van der Waals surface area (Å²) in [6.45, 7) is 4.92. The minimum atomic E-state index is 0. The molecule has 34 heavy (non-hydrogen) atoms. The van der Waals surface area contributed by atoms with Crippen molar-refractivity contribution in [1.82, 2.24) is 10.2 Å². The zero-order valence-corrected chi connectivity index (χ0v) is 21.8. The van der Waals surface area contributed by atoms with Crippen molar-refractivity contribution in [2.45, 2.75) is 38.1 Å². The molecule has 2 aromatic carbocycles. The van der Waals surface area contributed by atoms with Gasteiger partial charge in [0.2, 0.25) is 5.91 Å². The summed E-state index contributed by atoms with van der Waals surface area (Å²) in [4.78, 5) is 17.5. The van der Waals surface area contributed by atoms with Crippen LogP contribution in [0.3, 0.4) is 0 Å². The topological polar surface area (TPSA) is 54.0 Å². The maximum absolute atomic E-state index is 12.7. The van der Waals surface area contributed by atoms with Gasteiger partial charge in [-0.25, -0.2) is 0 Å². The van der Waals surface area contributed by atoms with Crippen molar-refractivity contribution in [3.63, 3.8) is 0 Å². The highest BCUT2D eigenvalue weighted by atomic mass is 35.5. The number of anilines is 1. The fraction of sp³-hybridized carbons (Fsp3) is 0.500. The van der Waals surface area contributed by atoms with Crippen molar-refractivity contribution in [2.75, 3.05) is 51.8 Å². The number of ether oxygens (including phenoxy) is 2. The van der Waals surface area contributed by atoms with Crippen molar-refractivity contribution < 1.29 is 14.3 Å². The highest BCUT2D eigenvalue weighted by Gasteiger charge is 2.25. The number of benzene rings is 2. The monoisotopic (exact) mass is 509 g/mol.